The lowest BCUT2D eigenvalue weighted by Crippen LogP contribution is -2.42. The van der Waals surface area contributed by atoms with Gasteiger partial charge in [-0.15, -0.1) is 0 Å². The Hall–Kier alpha value is -1.94. The highest BCUT2D eigenvalue weighted by molar-refractivity contribution is 7.90. The van der Waals surface area contributed by atoms with E-state index in [1.165, 1.54) is 24.3 Å². The van der Waals surface area contributed by atoms with E-state index in [0.717, 1.165) is 17.4 Å². The first-order chi connectivity index (χ1) is 13.5. The number of halogens is 1. The van der Waals surface area contributed by atoms with Crippen molar-refractivity contribution in [3.63, 3.8) is 0 Å². The van der Waals surface area contributed by atoms with Crippen LogP contribution in [0.5, 0.6) is 0 Å². The summed E-state index contributed by atoms with van der Waals surface area (Å²) in [6.07, 6.45) is 0.758. The van der Waals surface area contributed by atoms with Gasteiger partial charge in [0.05, 0.1) is 10.6 Å². The number of ether oxygens (including phenoxy) is 1. The first kappa shape index (κ1) is 23.3. The maximum Gasteiger partial charge on any atom is 0.324 e. The summed E-state index contributed by atoms with van der Waals surface area (Å²) < 4.78 is 55.6. The molecule has 0 spiro atoms. The van der Waals surface area contributed by atoms with E-state index in [0.29, 0.717) is 5.02 Å². The second-order valence-corrected chi connectivity index (χ2v) is 11.0. The van der Waals surface area contributed by atoms with Crippen LogP contribution in [0.3, 0.4) is 0 Å². The summed E-state index contributed by atoms with van der Waals surface area (Å²) >= 11 is 5.77. The molecule has 0 aliphatic carbocycles. The predicted molar refractivity (Wildman–Crippen MR) is 111 cm³/mol. The van der Waals surface area contributed by atoms with Crippen molar-refractivity contribution < 1.29 is 26.4 Å². The SMILES string of the molecule is Cc1ccc(COC(=O)[C@H](CCS(C)(=O)=O)NS(=O)(=O)c2ccc(Cl)cc2)cc1. The minimum Gasteiger partial charge on any atom is -0.460 e. The molecule has 1 N–H and O–H groups in total. The number of aryl methyl sites for hydroxylation is 1. The van der Waals surface area contributed by atoms with Gasteiger partial charge < -0.3 is 4.74 Å². The molecule has 0 radical (unpaired) electrons. The maximum atomic E-state index is 12.6. The van der Waals surface area contributed by atoms with E-state index >= 15 is 0 Å². The first-order valence-corrected chi connectivity index (χ1v) is 12.6. The topological polar surface area (TPSA) is 107 Å². The highest BCUT2D eigenvalue weighted by Gasteiger charge is 2.28. The Morgan fingerprint density at radius 3 is 2.17 bits per heavy atom. The van der Waals surface area contributed by atoms with Gasteiger partial charge >= 0.3 is 5.97 Å². The molecule has 0 heterocycles. The summed E-state index contributed by atoms with van der Waals surface area (Å²) in [6.45, 7) is 1.86. The standard InChI is InChI=1S/C19H22ClNO6S2/c1-14-3-5-15(6-4-14)13-27-19(22)18(11-12-28(2,23)24)21-29(25,26)17-9-7-16(20)8-10-17/h3-10,18,21H,11-13H2,1-2H3/t18-/m0/s1. The molecule has 0 aliphatic heterocycles. The van der Waals surface area contributed by atoms with E-state index in [9.17, 15) is 21.6 Å². The average molecular weight is 460 g/mol. The predicted octanol–water partition coefficient (Wildman–Crippen LogP) is 2.47. The Balaban J connectivity index is 2.15. The van der Waals surface area contributed by atoms with Gasteiger partial charge in [-0.2, -0.15) is 4.72 Å². The van der Waals surface area contributed by atoms with Crippen LogP contribution in [0.25, 0.3) is 0 Å². The second kappa shape index (κ2) is 9.71. The third-order valence-corrected chi connectivity index (χ3v) is 6.70. The summed E-state index contributed by atoms with van der Waals surface area (Å²) in [5.41, 5.74) is 1.77. The van der Waals surface area contributed by atoms with E-state index in [4.69, 9.17) is 16.3 Å². The van der Waals surface area contributed by atoms with E-state index in [1.807, 2.05) is 19.1 Å². The van der Waals surface area contributed by atoms with Gasteiger partial charge in [-0.25, -0.2) is 16.8 Å². The fraction of sp³-hybridized carbons (Fsp3) is 0.316. The third kappa shape index (κ3) is 7.77. The summed E-state index contributed by atoms with van der Waals surface area (Å²) in [6, 6.07) is 11.3. The number of rotatable bonds is 9. The van der Waals surface area contributed by atoms with E-state index < -0.39 is 31.9 Å². The summed E-state index contributed by atoms with van der Waals surface area (Å²) in [4.78, 5) is 12.4. The largest absolute Gasteiger partial charge is 0.460 e. The van der Waals surface area contributed by atoms with Gasteiger partial charge in [-0.05, 0) is 43.2 Å². The van der Waals surface area contributed by atoms with Crippen LogP contribution in [-0.2, 0) is 36.0 Å². The van der Waals surface area contributed by atoms with Gasteiger partial charge in [0.2, 0.25) is 10.0 Å². The van der Waals surface area contributed by atoms with E-state index in [-0.39, 0.29) is 23.7 Å². The van der Waals surface area contributed by atoms with Crippen LogP contribution in [-0.4, -0.2) is 40.9 Å². The fourth-order valence-corrected chi connectivity index (χ4v) is 4.37. The van der Waals surface area contributed by atoms with Crippen molar-refractivity contribution in [2.24, 2.45) is 0 Å². The molecule has 2 rings (SSSR count). The molecule has 0 aliphatic rings. The number of hydrogen-bond donors (Lipinski definition) is 1. The van der Waals surface area contributed by atoms with Crippen LogP contribution in [0.1, 0.15) is 17.5 Å². The number of carbonyl (C=O) groups is 1. The molecule has 0 aromatic heterocycles. The Morgan fingerprint density at radius 1 is 1.03 bits per heavy atom. The molecule has 0 amide bonds. The monoisotopic (exact) mass is 459 g/mol. The summed E-state index contributed by atoms with van der Waals surface area (Å²) in [5, 5.41) is 0.357. The molecule has 0 fully saturated rings. The molecular weight excluding hydrogens is 438 g/mol. The number of hydrogen-bond acceptors (Lipinski definition) is 6. The molecule has 2 aromatic rings. The number of carbonyl (C=O) groups excluding carboxylic acids is 1. The van der Waals surface area contributed by atoms with Crippen molar-refractivity contribution in [2.75, 3.05) is 12.0 Å². The summed E-state index contributed by atoms with van der Waals surface area (Å²) in [7, 11) is -7.49. The van der Waals surface area contributed by atoms with Crippen LogP contribution in [0.2, 0.25) is 5.02 Å². The highest BCUT2D eigenvalue weighted by atomic mass is 35.5. The van der Waals surface area contributed by atoms with Crippen molar-refractivity contribution in [1.82, 2.24) is 4.72 Å². The average Bonchev–Trinajstić information content (AvgIpc) is 2.64. The first-order valence-electron chi connectivity index (χ1n) is 8.64. The Kier molecular flexibility index (Phi) is 7.81. The van der Waals surface area contributed by atoms with Crippen LogP contribution >= 0.6 is 11.6 Å². The third-order valence-electron chi connectivity index (χ3n) is 3.98. The molecule has 7 nitrogen and oxygen atoms in total. The van der Waals surface area contributed by atoms with Crippen molar-refractivity contribution in [3.8, 4) is 0 Å². The lowest BCUT2D eigenvalue weighted by molar-refractivity contribution is -0.147. The lowest BCUT2D eigenvalue weighted by Gasteiger charge is -2.18. The van der Waals surface area contributed by atoms with Crippen LogP contribution < -0.4 is 4.72 Å². The molecule has 1 atom stereocenters. The number of esters is 1. The number of sulfone groups is 1. The van der Waals surface area contributed by atoms with Gasteiger partial charge in [-0.1, -0.05) is 41.4 Å². The van der Waals surface area contributed by atoms with Crippen molar-refractivity contribution >= 4 is 37.4 Å². The molecule has 10 heteroatoms. The maximum absolute atomic E-state index is 12.6. The fourth-order valence-electron chi connectivity index (χ4n) is 2.37. The molecule has 0 bridgehead atoms. The van der Waals surface area contributed by atoms with E-state index in [1.54, 1.807) is 12.1 Å². The minimum atomic E-state index is -4.08. The number of sulfonamides is 1. The Bertz CT molecular complexity index is 1050. The van der Waals surface area contributed by atoms with Gasteiger partial charge in [0.15, 0.2) is 0 Å². The van der Waals surface area contributed by atoms with E-state index in [2.05, 4.69) is 4.72 Å². The minimum absolute atomic E-state index is 0.0584. The lowest BCUT2D eigenvalue weighted by atomic mass is 10.2. The zero-order chi connectivity index (χ0) is 21.7. The van der Waals surface area contributed by atoms with Gasteiger partial charge in [-0.3, -0.25) is 4.79 Å². The van der Waals surface area contributed by atoms with Crippen LogP contribution in [0.15, 0.2) is 53.4 Å². The highest BCUT2D eigenvalue weighted by Crippen LogP contribution is 2.15. The Morgan fingerprint density at radius 2 is 1.62 bits per heavy atom. The molecule has 0 unspecified atom stereocenters. The van der Waals surface area contributed by atoms with Gasteiger partial charge in [0.25, 0.3) is 0 Å². The van der Waals surface area contributed by atoms with Gasteiger partial charge in [0.1, 0.15) is 22.5 Å². The van der Waals surface area contributed by atoms with Crippen LogP contribution in [0.4, 0.5) is 0 Å². The summed E-state index contributed by atoms with van der Waals surface area (Å²) in [5.74, 6) is -1.23. The molecule has 0 saturated heterocycles. The molecular formula is C19H22ClNO6S2. The van der Waals surface area contributed by atoms with Crippen molar-refractivity contribution in [3.05, 3.63) is 64.7 Å². The molecule has 158 valence electrons. The molecule has 29 heavy (non-hydrogen) atoms. The van der Waals surface area contributed by atoms with Gasteiger partial charge in [0, 0.05) is 11.3 Å². The zero-order valence-corrected chi connectivity index (χ0v) is 18.4. The Labute approximate surface area is 176 Å². The molecule has 2 aromatic carbocycles. The number of benzene rings is 2. The smallest absolute Gasteiger partial charge is 0.324 e. The normalized spacial score (nSPS) is 13.1. The second-order valence-electron chi connectivity index (χ2n) is 6.64. The van der Waals surface area contributed by atoms with Crippen molar-refractivity contribution in [1.29, 1.82) is 0 Å². The number of nitrogens with one attached hydrogen (secondary N) is 1. The van der Waals surface area contributed by atoms with Crippen molar-refractivity contribution in [2.45, 2.75) is 30.9 Å². The van der Waals surface area contributed by atoms with Crippen LogP contribution in [0, 0.1) is 6.92 Å². The quantitative estimate of drug-likeness (QED) is 0.577. The molecule has 0 saturated carbocycles. The zero-order valence-electron chi connectivity index (χ0n) is 16.0.